The first-order valence-electron chi connectivity index (χ1n) is 11.3. The molecule has 0 aromatic heterocycles. The summed E-state index contributed by atoms with van der Waals surface area (Å²) in [5, 5.41) is 12.1. The van der Waals surface area contributed by atoms with E-state index in [0.717, 1.165) is 18.4 Å². The number of rotatable bonds is 2. The van der Waals surface area contributed by atoms with Crippen molar-refractivity contribution in [1.29, 1.82) is 0 Å². The summed E-state index contributed by atoms with van der Waals surface area (Å²) in [7, 11) is 0. The topological polar surface area (TPSA) is 20.2 Å². The van der Waals surface area contributed by atoms with Crippen LogP contribution in [0.15, 0.2) is 103 Å². The van der Waals surface area contributed by atoms with Crippen LogP contribution >= 0.6 is 0 Å². The Labute approximate surface area is 183 Å². The highest BCUT2D eigenvalue weighted by Gasteiger charge is 2.72. The molecule has 0 amide bonds. The van der Waals surface area contributed by atoms with Gasteiger partial charge in [0.15, 0.2) is 0 Å². The van der Waals surface area contributed by atoms with E-state index >= 15 is 0 Å². The van der Waals surface area contributed by atoms with Gasteiger partial charge in [0.1, 0.15) is 0 Å². The van der Waals surface area contributed by atoms with Crippen LogP contribution < -0.4 is 0 Å². The van der Waals surface area contributed by atoms with Gasteiger partial charge in [-0.25, -0.2) is 0 Å². The summed E-state index contributed by atoms with van der Waals surface area (Å²) >= 11 is 0. The lowest BCUT2D eigenvalue weighted by atomic mass is 9.58. The molecule has 4 aromatic carbocycles. The molecule has 0 fully saturated rings. The number of aliphatic hydroxyl groups is 1. The Bertz CT molecular complexity index is 1320. The van der Waals surface area contributed by atoms with E-state index < -0.39 is 6.10 Å². The van der Waals surface area contributed by atoms with Gasteiger partial charge in [0.05, 0.1) is 6.10 Å². The molecule has 3 aliphatic rings. The molecule has 0 bridgehead atoms. The molecule has 1 unspecified atom stereocenters. The van der Waals surface area contributed by atoms with Crippen LogP contribution in [-0.4, -0.2) is 5.11 Å². The third kappa shape index (κ3) is 1.92. The van der Waals surface area contributed by atoms with Crippen molar-refractivity contribution in [3.05, 3.63) is 142 Å². The largest absolute Gasteiger partial charge is 0.387 e. The van der Waals surface area contributed by atoms with Gasteiger partial charge in [-0.05, 0) is 51.8 Å². The normalized spacial score (nSPS) is 29.1. The highest BCUT2D eigenvalue weighted by Crippen LogP contribution is 2.74. The molecular weight excluding hydrogens is 376 g/mol. The zero-order valence-electron chi connectivity index (χ0n) is 17.3. The number of hydrogen-bond donors (Lipinski definition) is 1. The minimum absolute atomic E-state index is 0.160. The van der Waals surface area contributed by atoms with Gasteiger partial charge in [0.25, 0.3) is 0 Å². The molecule has 0 saturated carbocycles. The van der Waals surface area contributed by atoms with E-state index in [2.05, 4.69) is 103 Å². The predicted molar refractivity (Wildman–Crippen MR) is 123 cm³/mol. The number of hydrogen-bond acceptors (Lipinski definition) is 1. The van der Waals surface area contributed by atoms with E-state index in [-0.39, 0.29) is 16.7 Å². The summed E-state index contributed by atoms with van der Waals surface area (Å²) in [4.78, 5) is 0. The lowest BCUT2D eigenvalue weighted by molar-refractivity contribution is 0.0523. The minimum atomic E-state index is -0.524. The van der Waals surface area contributed by atoms with Crippen LogP contribution in [0.5, 0.6) is 0 Å². The summed E-state index contributed by atoms with van der Waals surface area (Å²) in [6, 6.07) is 37.3. The molecule has 7 rings (SSSR count). The maximum Gasteiger partial charge on any atom is 0.0901 e. The van der Waals surface area contributed by atoms with E-state index in [1.54, 1.807) is 0 Å². The van der Waals surface area contributed by atoms with Gasteiger partial charge in [0.2, 0.25) is 0 Å². The average Bonchev–Trinajstić information content (AvgIpc) is 3.36. The number of aliphatic hydroxyl groups excluding tert-OH is 1. The van der Waals surface area contributed by atoms with Crippen molar-refractivity contribution < 1.29 is 5.11 Å². The Balaban J connectivity index is 1.61. The second kappa shape index (κ2) is 5.96. The van der Waals surface area contributed by atoms with Gasteiger partial charge < -0.3 is 5.11 Å². The van der Waals surface area contributed by atoms with Crippen molar-refractivity contribution in [2.24, 2.45) is 0 Å². The van der Waals surface area contributed by atoms with E-state index in [1.165, 1.54) is 33.4 Å². The third-order valence-corrected chi connectivity index (χ3v) is 8.41. The molecule has 0 aliphatic heterocycles. The molecule has 31 heavy (non-hydrogen) atoms. The van der Waals surface area contributed by atoms with Crippen LogP contribution in [-0.2, 0) is 23.7 Å². The lowest BCUT2D eigenvalue weighted by Gasteiger charge is -2.44. The van der Waals surface area contributed by atoms with Crippen LogP contribution in [0.25, 0.3) is 0 Å². The van der Waals surface area contributed by atoms with E-state index in [4.69, 9.17) is 0 Å². The zero-order valence-corrected chi connectivity index (χ0v) is 17.3. The minimum Gasteiger partial charge on any atom is -0.387 e. The second-order valence-electron chi connectivity index (χ2n) is 9.49. The van der Waals surface area contributed by atoms with Crippen molar-refractivity contribution in [2.75, 3.05) is 0 Å². The molecule has 4 atom stereocenters. The van der Waals surface area contributed by atoms with Gasteiger partial charge >= 0.3 is 0 Å². The first-order chi connectivity index (χ1) is 15.3. The van der Waals surface area contributed by atoms with Gasteiger partial charge in [0, 0.05) is 16.7 Å². The maximum atomic E-state index is 12.1. The molecule has 1 heteroatoms. The van der Waals surface area contributed by atoms with E-state index in [0.29, 0.717) is 0 Å². The standard InChI is InChI=1S/C30H24O/c31-28-24-15-7-9-17-26(24)29-19-21-12-4-5-13-22(21)27(29)23-14-6-8-16-25(23)30(28,29)18-20-10-2-1-3-11-20/h1-17,27-28,31H,18-19H2/t27-,28?,29+,30+/m1/s1. The van der Waals surface area contributed by atoms with Crippen LogP contribution in [0, 0.1) is 0 Å². The summed E-state index contributed by atoms with van der Waals surface area (Å²) in [5.74, 6) is 0.280. The SMILES string of the molecule is OC1c2ccccc2[C@@]23Cc4ccccc4[C@@H]2c2ccccc2[C@@]13Cc1ccccc1. The zero-order chi connectivity index (χ0) is 20.6. The Kier molecular flexibility index (Phi) is 3.37. The molecular formula is C30H24O. The molecule has 1 spiro atoms. The highest BCUT2D eigenvalue weighted by molar-refractivity contribution is 5.69. The smallest absolute Gasteiger partial charge is 0.0901 e. The van der Waals surface area contributed by atoms with Crippen molar-refractivity contribution >= 4 is 0 Å². The fourth-order valence-corrected chi connectivity index (χ4v) is 7.45. The molecule has 0 heterocycles. The Morgan fingerprint density at radius 3 is 2.06 bits per heavy atom. The summed E-state index contributed by atoms with van der Waals surface area (Å²) in [6.45, 7) is 0. The van der Waals surface area contributed by atoms with Crippen LogP contribution in [0.1, 0.15) is 51.0 Å². The van der Waals surface area contributed by atoms with Gasteiger partial charge in [-0.2, -0.15) is 0 Å². The highest BCUT2D eigenvalue weighted by atomic mass is 16.3. The summed E-state index contributed by atoms with van der Waals surface area (Å²) in [5.41, 5.74) is 8.82. The van der Waals surface area contributed by atoms with Crippen molar-refractivity contribution in [1.82, 2.24) is 0 Å². The molecule has 3 aliphatic carbocycles. The molecule has 0 radical (unpaired) electrons. The summed E-state index contributed by atoms with van der Waals surface area (Å²) < 4.78 is 0. The third-order valence-electron chi connectivity index (χ3n) is 8.41. The van der Waals surface area contributed by atoms with Gasteiger partial charge in [-0.1, -0.05) is 103 Å². The van der Waals surface area contributed by atoms with Crippen molar-refractivity contribution in [3.8, 4) is 0 Å². The number of fused-ring (bicyclic) bond motifs is 6. The van der Waals surface area contributed by atoms with Crippen LogP contribution in [0.2, 0.25) is 0 Å². The Morgan fingerprint density at radius 1 is 0.645 bits per heavy atom. The Hall–Kier alpha value is -3.16. The molecule has 4 aromatic rings. The Morgan fingerprint density at radius 2 is 1.26 bits per heavy atom. The van der Waals surface area contributed by atoms with E-state index in [9.17, 15) is 5.11 Å². The first kappa shape index (κ1) is 17.5. The predicted octanol–water partition coefficient (Wildman–Crippen LogP) is 5.85. The van der Waals surface area contributed by atoms with Crippen molar-refractivity contribution in [3.63, 3.8) is 0 Å². The van der Waals surface area contributed by atoms with Gasteiger partial charge in [-0.3, -0.25) is 0 Å². The maximum absolute atomic E-state index is 12.1. The first-order valence-corrected chi connectivity index (χ1v) is 11.3. The lowest BCUT2D eigenvalue weighted by Crippen LogP contribution is -2.48. The molecule has 1 nitrogen and oxygen atoms in total. The summed E-state index contributed by atoms with van der Waals surface area (Å²) in [6.07, 6.45) is 1.29. The molecule has 150 valence electrons. The quantitative estimate of drug-likeness (QED) is 0.447. The molecule has 0 saturated heterocycles. The van der Waals surface area contributed by atoms with Crippen LogP contribution in [0.3, 0.4) is 0 Å². The fourth-order valence-electron chi connectivity index (χ4n) is 7.45. The fraction of sp³-hybridized carbons (Fsp3) is 0.200. The van der Waals surface area contributed by atoms with Crippen LogP contribution in [0.4, 0.5) is 0 Å². The van der Waals surface area contributed by atoms with E-state index in [1.807, 2.05) is 0 Å². The van der Waals surface area contributed by atoms with Crippen molar-refractivity contribution in [2.45, 2.75) is 35.7 Å². The van der Waals surface area contributed by atoms with Gasteiger partial charge in [-0.15, -0.1) is 0 Å². The second-order valence-corrected chi connectivity index (χ2v) is 9.49. The molecule has 1 N–H and O–H groups in total. The monoisotopic (exact) mass is 400 g/mol. The number of benzene rings is 4. The average molecular weight is 401 g/mol.